The summed E-state index contributed by atoms with van der Waals surface area (Å²) in [5.41, 5.74) is 0.841. The minimum absolute atomic E-state index is 0.100. The molecule has 100 valence electrons. The van der Waals surface area contributed by atoms with Crippen molar-refractivity contribution in [2.24, 2.45) is 0 Å². The zero-order chi connectivity index (χ0) is 13.0. The van der Waals surface area contributed by atoms with Crippen molar-refractivity contribution in [3.05, 3.63) is 29.6 Å². The highest BCUT2D eigenvalue weighted by molar-refractivity contribution is 5.34. The molecule has 18 heavy (non-hydrogen) atoms. The first-order chi connectivity index (χ1) is 8.70. The topological polar surface area (TPSA) is 42.0 Å². The molecule has 1 saturated heterocycles. The van der Waals surface area contributed by atoms with Gasteiger partial charge in [-0.25, -0.2) is 4.39 Å². The molecule has 0 spiro atoms. The third kappa shape index (κ3) is 3.68. The second-order valence-electron chi connectivity index (χ2n) is 4.56. The van der Waals surface area contributed by atoms with Crippen molar-refractivity contribution in [3.63, 3.8) is 0 Å². The van der Waals surface area contributed by atoms with E-state index in [1.807, 2.05) is 0 Å². The van der Waals surface area contributed by atoms with E-state index in [1.165, 1.54) is 12.1 Å². The monoisotopic (exact) mass is 254 g/mol. The minimum atomic E-state index is -0.636. The second-order valence-corrected chi connectivity index (χ2v) is 4.56. The standard InChI is InChI=1S/C14H19FO3/c1-2-3-8-17-12-7-5-11(15)9-10(12)4-6-13-14(16)18-13/h5,7,9,13-14,16H,2-4,6,8H2,1H3. The number of halogens is 1. The Bertz CT molecular complexity index is 395. The van der Waals surface area contributed by atoms with Gasteiger partial charge in [-0.15, -0.1) is 0 Å². The summed E-state index contributed by atoms with van der Waals surface area (Å²) >= 11 is 0. The van der Waals surface area contributed by atoms with Crippen LogP contribution in [0, 0.1) is 5.82 Å². The number of aliphatic hydroxyl groups excluding tert-OH is 1. The molecule has 2 rings (SSSR count). The zero-order valence-electron chi connectivity index (χ0n) is 10.6. The Morgan fingerprint density at radius 3 is 2.89 bits per heavy atom. The maximum Gasteiger partial charge on any atom is 0.181 e. The second kappa shape index (κ2) is 6.16. The van der Waals surface area contributed by atoms with Crippen LogP contribution in [0.1, 0.15) is 31.7 Å². The molecule has 2 atom stereocenters. The predicted octanol–water partition coefficient (Wildman–Crippen LogP) is 2.65. The maximum absolute atomic E-state index is 13.2. The van der Waals surface area contributed by atoms with Crippen molar-refractivity contribution in [1.29, 1.82) is 0 Å². The van der Waals surface area contributed by atoms with Crippen molar-refractivity contribution in [1.82, 2.24) is 0 Å². The fourth-order valence-corrected chi connectivity index (χ4v) is 1.85. The number of hydrogen-bond acceptors (Lipinski definition) is 3. The van der Waals surface area contributed by atoms with Gasteiger partial charge in [0.1, 0.15) is 17.7 Å². The van der Waals surface area contributed by atoms with E-state index in [1.54, 1.807) is 6.07 Å². The van der Waals surface area contributed by atoms with Gasteiger partial charge >= 0.3 is 0 Å². The van der Waals surface area contributed by atoms with Crippen LogP contribution < -0.4 is 4.74 Å². The van der Waals surface area contributed by atoms with E-state index < -0.39 is 6.29 Å². The average molecular weight is 254 g/mol. The Hall–Kier alpha value is -1.13. The van der Waals surface area contributed by atoms with Crippen molar-refractivity contribution >= 4 is 0 Å². The molecule has 1 fully saturated rings. The molecule has 0 aliphatic carbocycles. The van der Waals surface area contributed by atoms with Crippen LogP contribution in [-0.4, -0.2) is 24.1 Å². The van der Waals surface area contributed by atoms with Gasteiger partial charge in [-0.2, -0.15) is 0 Å². The number of benzene rings is 1. The predicted molar refractivity (Wildman–Crippen MR) is 66.0 cm³/mol. The summed E-state index contributed by atoms with van der Waals surface area (Å²) in [5, 5.41) is 9.07. The number of aliphatic hydroxyl groups is 1. The van der Waals surface area contributed by atoms with Crippen LogP contribution in [0.3, 0.4) is 0 Å². The third-order valence-corrected chi connectivity index (χ3v) is 3.03. The van der Waals surface area contributed by atoms with Crippen molar-refractivity contribution in [3.8, 4) is 5.75 Å². The lowest BCUT2D eigenvalue weighted by atomic mass is 10.1. The molecule has 0 bridgehead atoms. The molecule has 1 aromatic carbocycles. The summed E-state index contributed by atoms with van der Waals surface area (Å²) in [6, 6.07) is 4.58. The first kappa shape index (κ1) is 13.3. The summed E-state index contributed by atoms with van der Waals surface area (Å²) in [7, 11) is 0. The molecule has 1 N–H and O–H groups in total. The fourth-order valence-electron chi connectivity index (χ4n) is 1.85. The van der Waals surface area contributed by atoms with E-state index in [4.69, 9.17) is 14.6 Å². The fraction of sp³-hybridized carbons (Fsp3) is 0.571. The van der Waals surface area contributed by atoms with Gasteiger partial charge in [-0.3, -0.25) is 0 Å². The lowest BCUT2D eigenvalue weighted by Gasteiger charge is -2.11. The Balaban J connectivity index is 1.93. The van der Waals surface area contributed by atoms with E-state index >= 15 is 0 Å². The van der Waals surface area contributed by atoms with E-state index in [2.05, 4.69) is 6.92 Å². The summed E-state index contributed by atoms with van der Waals surface area (Å²) in [4.78, 5) is 0. The quantitative estimate of drug-likeness (QED) is 0.601. The molecule has 2 unspecified atom stereocenters. The van der Waals surface area contributed by atoms with Gasteiger partial charge < -0.3 is 14.6 Å². The van der Waals surface area contributed by atoms with Gasteiger partial charge in [-0.05, 0) is 43.0 Å². The molecule has 4 heteroatoms. The van der Waals surface area contributed by atoms with Crippen LogP contribution in [-0.2, 0) is 11.2 Å². The number of aryl methyl sites for hydroxylation is 1. The Morgan fingerprint density at radius 2 is 2.22 bits per heavy atom. The lowest BCUT2D eigenvalue weighted by Crippen LogP contribution is -2.02. The summed E-state index contributed by atoms with van der Waals surface area (Å²) in [5.74, 6) is 0.477. The lowest BCUT2D eigenvalue weighted by molar-refractivity contribution is 0.156. The van der Waals surface area contributed by atoms with Gasteiger partial charge in [0, 0.05) is 0 Å². The number of epoxide rings is 1. The molecule has 1 heterocycles. The van der Waals surface area contributed by atoms with Crippen LogP contribution in [0.5, 0.6) is 5.75 Å². The minimum Gasteiger partial charge on any atom is -0.493 e. The van der Waals surface area contributed by atoms with E-state index in [0.717, 1.165) is 24.2 Å². The molecule has 1 aromatic rings. The van der Waals surface area contributed by atoms with Crippen LogP contribution in [0.25, 0.3) is 0 Å². The van der Waals surface area contributed by atoms with Crippen LogP contribution in [0.4, 0.5) is 4.39 Å². The first-order valence-electron chi connectivity index (χ1n) is 6.45. The summed E-state index contributed by atoms with van der Waals surface area (Å²) < 4.78 is 23.8. The zero-order valence-corrected chi connectivity index (χ0v) is 10.6. The van der Waals surface area contributed by atoms with Gasteiger partial charge in [0.25, 0.3) is 0 Å². The molecule has 1 aliphatic rings. The third-order valence-electron chi connectivity index (χ3n) is 3.03. The van der Waals surface area contributed by atoms with E-state index in [-0.39, 0.29) is 11.9 Å². The molecule has 3 nitrogen and oxygen atoms in total. The molecule has 0 saturated carbocycles. The number of unbranched alkanes of at least 4 members (excludes halogenated alkanes) is 1. The van der Waals surface area contributed by atoms with Gasteiger partial charge in [0.05, 0.1) is 6.61 Å². The smallest absolute Gasteiger partial charge is 0.181 e. The highest BCUT2D eigenvalue weighted by Crippen LogP contribution is 2.27. The van der Waals surface area contributed by atoms with Crippen molar-refractivity contribution < 1.29 is 19.0 Å². The number of ether oxygens (including phenoxy) is 2. The SMILES string of the molecule is CCCCOc1ccc(F)cc1CCC1OC1O. The highest BCUT2D eigenvalue weighted by Gasteiger charge is 2.36. The first-order valence-corrected chi connectivity index (χ1v) is 6.45. The molecular formula is C14H19FO3. The van der Waals surface area contributed by atoms with Gasteiger partial charge in [0.15, 0.2) is 6.29 Å². The van der Waals surface area contributed by atoms with Crippen LogP contribution >= 0.6 is 0 Å². The summed E-state index contributed by atoms with van der Waals surface area (Å²) in [6.07, 6.45) is 2.66. The molecule has 0 radical (unpaired) electrons. The number of hydrogen-bond donors (Lipinski definition) is 1. The van der Waals surface area contributed by atoms with Crippen molar-refractivity contribution in [2.45, 2.75) is 45.0 Å². The largest absolute Gasteiger partial charge is 0.493 e. The maximum atomic E-state index is 13.2. The summed E-state index contributed by atoms with van der Waals surface area (Å²) in [6.45, 7) is 2.75. The molecule has 0 aromatic heterocycles. The van der Waals surface area contributed by atoms with E-state index in [9.17, 15) is 4.39 Å². The van der Waals surface area contributed by atoms with Crippen LogP contribution in [0.15, 0.2) is 18.2 Å². The van der Waals surface area contributed by atoms with Crippen molar-refractivity contribution in [2.75, 3.05) is 6.61 Å². The average Bonchev–Trinajstić information content (AvgIpc) is 3.05. The van der Waals surface area contributed by atoms with E-state index in [0.29, 0.717) is 19.4 Å². The number of rotatable bonds is 7. The Labute approximate surface area is 107 Å². The molecular weight excluding hydrogens is 235 g/mol. The Kier molecular flexibility index (Phi) is 4.55. The normalized spacial score (nSPS) is 21.9. The molecule has 1 aliphatic heterocycles. The van der Waals surface area contributed by atoms with Gasteiger partial charge in [0.2, 0.25) is 0 Å². The van der Waals surface area contributed by atoms with Crippen LogP contribution in [0.2, 0.25) is 0 Å². The Morgan fingerprint density at radius 1 is 1.44 bits per heavy atom. The molecule has 0 amide bonds. The van der Waals surface area contributed by atoms with Gasteiger partial charge in [-0.1, -0.05) is 13.3 Å². The highest BCUT2D eigenvalue weighted by atomic mass is 19.1.